The van der Waals surface area contributed by atoms with Crippen LogP contribution in [0.5, 0.6) is 0 Å². The summed E-state index contributed by atoms with van der Waals surface area (Å²) in [5.41, 5.74) is 0.383. The van der Waals surface area contributed by atoms with Crippen molar-refractivity contribution in [1.29, 1.82) is 0 Å². The number of ether oxygens (including phenoxy) is 1. The number of Topliss-reactive ketones (excluding diaryl/α,β-unsaturated/α-hetero) is 1. The van der Waals surface area contributed by atoms with Crippen LogP contribution in [0.15, 0.2) is 35.3 Å². The Balaban J connectivity index is 2.99. The highest BCUT2D eigenvalue weighted by Crippen LogP contribution is 2.10. The standard InChI is InChI=1S/C12H13NO3/c1-3-16-12(15)11(9(2)14)13-10-7-5-4-6-8-10/h4-8H,3H2,1-2H3. The van der Waals surface area contributed by atoms with E-state index in [1.54, 1.807) is 31.2 Å². The Labute approximate surface area is 94.0 Å². The molecule has 0 heterocycles. The Morgan fingerprint density at radius 3 is 2.38 bits per heavy atom. The van der Waals surface area contributed by atoms with Gasteiger partial charge in [-0.25, -0.2) is 9.79 Å². The molecule has 0 bridgehead atoms. The highest BCUT2D eigenvalue weighted by Gasteiger charge is 2.17. The zero-order valence-corrected chi connectivity index (χ0v) is 9.27. The fraction of sp³-hybridized carbons (Fsp3) is 0.250. The summed E-state index contributed by atoms with van der Waals surface area (Å²) in [6.07, 6.45) is 0. The molecule has 1 rings (SSSR count). The van der Waals surface area contributed by atoms with Crippen LogP contribution in [0, 0.1) is 0 Å². The lowest BCUT2D eigenvalue weighted by Gasteiger charge is -2.02. The molecule has 0 unspecified atom stereocenters. The third-order valence-corrected chi connectivity index (χ3v) is 1.80. The van der Waals surface area contributed by atoms with Crippen LogP contribution < -0.4 is 0 Å². The van der Waals surface area contributed by atoms with E-state index < -0.39 is 11.8 Å². The van der Waals surface area contributed by atoms with Crippen molar-refractivity contribution in [2.24, 2.45) is 4.99 Å². The first-order valence-electron chi connectivity index (χ1n) is 4.97. The Morgan fingerprint density at radius 1 is 1.25 bits per heavy atom. The van der Waals surface area contributed by atoms with Crippen LogP contribution in [-0.2, 0) is 14.3 Å². The zero-order valence-electron chi connectivity index (χ0n) is 9.27. The molecule has 16 heavy (non-hydrogen) atoms. The molecular weight excluding hydrogens is 206 g/mol. The van der Waals surface area contributed by atoms with Crippen LogP contribution >= 0.6 is 0 Å². The Hall–Kier alpha value is -1.97. The largest absolute Gasteiger partial charge is 0.461 e. The molecule has 4 nitrogen and oxygen atoms in total. The fourth-order valence-electron chi connectivity index (χ4n) is 1.10. The van der Waals surface area contributed by atoms with E-state index in [1.807, 2.05) is 6.07 Å². The van der Waals surface area contributed by atoms with Crippen LogP contribution in [0.2, 0.25) is 0 Å². The predicted molar refractivity (Wildman–Crippen MR) is 60.9 cm³/mol. The SMILES string of the molecule is CCOC(=O)C(=Nc1ccccc1)C(C)=O. The molecule has 0 saturated carbocycles. The van der Waals surface area contributed by atoms with Gasteiger partial charge in [-0.2, -0.15) is 0 Å². The summed E-state index contributed by atoms with van der Waals surface area (Å²) < 4.78 is 4.75. The van der Waals surface area contributed by atoms with Gasteiger partial charge < -0.3 is 4.74 Å². The molecule has 0 aliphatic carbocycles. The Morgan fingerprint density at radius 2 is 1.88 bits per heavy atom. The average molecular weight is 219 g/mol. The molecule has 1 aromatic rings. The first kappa shape index (κ1) is 12.1. The van der Waals surface area contributed by atoms with Gasteiger partial charge in [-0.15, -0.1) is 0 Å². The summed E-state index contributed by atoms with van der Waals surface area (Å²) >= 11 is 0. The summed E-state index contributed by atoms with van der Waals surface area (Å²) in [6.45, 7) is 3.19. The molecule has 84 valence electrons. The van der Waals surface area contributed by atoms with Gasteiger partial charge in [0.25, 0.3) is 0 Å². The maximum Gasteiger partial charge on any atom is 0.360 e. The minimum atomic E-state index is -0.682. The number of carbonyl (C=O) groups is 2. The molecule has 0 radical (unpaired) electrons. The molecule has 1 aromatic carbocycles. The Bertz CT molecular complexity index is 410. The molecule has 0 spiro atoms. The van der Waals surface area contributed by atoms with Crippen molar-refractivity contribution in [3.63, 3.8) is 0 Å². The van der Waals surface area contributed by atoms with Crippen LogP contribution in [0.4, 0.5) is 5.69 Å². The van der Waals surface area contributed by atoms with Crippen molar-refractivity contribution in [3.8, 4) is 0 Å². The van der Waals surface area contributed by atoms with Gasteiger partial charge in [-0.05, 0) is 19.1 Å². The first-order chi connectivity index (χ1) is 7.65. The number of para-hydroxylation sites is 1. The summed E-state index contributed by atoms with van der Waals surface area (Å²) in [7, 11) is 0. The van der Waals surface area contributed by atoms with Gasteiger partial charge in [-0.1, -0.05) is 18.2 Å². The Kier molecular flexibility index (Phi) is 4.39. The molecule has 0 amide bonds. The van der Waals surface area contributed by atoms with Crippen LogP contribution in [-0.4, -0.2) is 24.1 Å². The second-order valence-electron chi connectivity index (χ2n) is 3.07. The molecule has 0 atom stereocenters. The number of esters is 1. The minimum Gasteiger partial charge on any atom is -0.461 e. The number of hydrogen-bond donors (Lipinski definition) is 0. The first-order valence-corrected chi connectivity index (χ1v) is 4.97. The lowest BCUT2D eigenvalue weighted by Crippen LogP contribution is -2.24. The van der Waals surface area contributed by atoms with Crippen LogP contribution in [0.1, 0.15) is 13.8 Å². The zero-order chi connectivity index (χ0) is 12.0. The van der Waals surface area contributed by atoms with Gasteiger partial charge >= 0.3 is 5.97 Å². The van der Waals surface area contributed by atoms with Gasteiger partial charge in [0.2, 0.25) is 0 Å². The minimum absolute atomic E-state index is 0.173. The lowest BCUT2D eigenvalue weighted by atomic mass is 10.2. The highest BCUT2D eigenvalue weighted by atomic mass is 16.5. The molecule has 0 aliphatic heterocycles. The van der Waals surface area contributed by atoms with E-state index in [2.05, 4.69) is 4.99 Å². The van der Waals surface area contributed by atoms with E-state index in [0.29, 0.717) is 5.69 Å². The number of rotatable bonds is 4. The molecule has 0 saturated heterocycles. The van der Waals surface area contributed by atoms with Gasteiger partial charge in [-0.3, -0.25) is 4.79 Å². The third-order valence-electron chi connectivity index (χ3n) is 1.80. The maximum absolute atomic E-state index is 11.4. The van der Waals surface area contributed by atoms with Crippen molar-refractivity contribution >= 4 is 23.2 Å². The van der Waals surface area contributed by atoms with E-state index in [-0.39, 0.29) is 12.3 Å². The number of aliphatic imine (C=N–C) groups is 1. The van der Waals surface area contributed by atoms with E-state index in [1.165, 1.54) is 6.92 Å². The smallest absolute Gasteiger partial charge is 0.360 e. The second-order valence-corrected chi connectivity index (χ2v) is 3.07. The van der Waals surface area contributed by atoms with Crippen LogP contribution in [0.3, 0.4) is 0 Å². The van der Waals surface area contributed by atoms with E-state index in [0.717, 1.165) is 0 Å². The summed E-state index contributed by atoms with van der Waals surface area (Å²) in [6, 6.07) is 8.81. The van der Waals surface area contributed by atoms with Gasteiger partial charge in [0.1, 0.15) is 0 Å². The van der Waals surface area contributed by atoms with Crippen molar-refractivity contribution < 1.29 is 14.3 Å². The van der Waals surface area contributed by atoms with Crippen molar-refractivity contribution in [2.75, 3.05) is 6.61 Å². The number of ketones is 1. The molecule has 0 aliphatic rings. The van der Waals surface area contributed by atoms with Gasteiger partial charge in [0.15, 0.2) is 11.5 Å². The molecule has 0 aromatic heterocycles. The van der Waals surface area contributed by atoms with E-state index in [4.69, 9.17) is 4.74 Å². The molecule has 0 fully saturated rings. The van der Waals surface area contributed by atoms with Crippen molar-refractivity contribution in [2.45, 2.75) is 13.8 Å². The summed E-state index contributed by atoms with van der Waals surface area (Å²) in [5, 5.41) is 0. The van der Waals surface area contributed by atoms with Crippen molar-refractivity contribution in [3.05, 3.63) is 30.3 Å². The molecule has 4 heteroatoms. The summed E-state index contributed by atoms with van der Waals surface area (Å²) in [5.74, 6) is -1.08. The van der Waals surface area contributed by atoms with Crippen LogP contribution in [0.25, 0.3) is 0 Å². The average Bonchev–Trinajstić information content (AvgIpc) is 2.27. The van der Waals surface area contributed by atoms with Crippen molar-refractivity contribution in [1.82, 2.24) is 0 Å². The number of benzene rings is 1. The fourth-order valence-corrected chi connectivity index (χ4v) is 1.10. The van der Waals surface area contributed by atoms with E-state index in [9.17, 15) is 9.59 Å². The summed E-state index contributed by atoms with van der Waals surface area (Å²) in [4.78, 5) is 26.6. The third kappa shape index (κ3) is 3.31. The number of carbonyl (C=O) groups excluding carboxylic acids is 2. The lowest BCUT2D eigenvalue weighted by molar-refractivity contribution is -0.135. The van der Waals surface area contributed by atoms with E-state index >= 15 is 0 Å². The van der Waals surface area contributed by atoms with Gasteiger partial charge in [0, 0.05) is 6.92 Å². The normalized spacial score (nSPS) is 11.0. The number of nitrogens with zero attached hydrogens (tertiary/aromatic N) is 1. The second kappa shape index (κ2) is 5.80. The quantitative estimate of drug-likeness (QED) is 0.441. The highest BCUT2D eigenvalue weighted by molar-refractivity contribution is 6.64. The monoisotopic (exact) mass is 219 g/mol. The molecule has 0 N–H and O–H groups in total. The topological polar surface area (TPSA) is 55.7 Å². The molecular formula is C12H13NO3. The maximum atomic E-state index is 11.4. The predicted octanol–water partition coefficient (Wildman–Crippen LogP) is 1.91. The number of hydrogen-bond acceptors (Lipinski definition) is 4. The van der Waals surface area contributed by atoms with Gasteiger partial charge in [0.05, 0.1) is 12.3 Å².